The van der Waals surface area contributed by atoms with Crippen LogP contribution in [0.3, 0.4) is 0 Å². The first-order chi connectivity index (χ1) is 6.74. The summed E-state index contributed by atoms with van der Waals surface area (Å²) in [5, 5.41) is 0.602. The summed E-state index contributed by atoms with van der Waals surface area (Å²) in [7, 11) is 0. The minimum Gasteiger partial charge on any atom is -0.489 e. The van der Waals surface area contributed by atoms with E-state index >= 15 is 0 Å². The molecule has 1 aliphatic carbocycles. The Labute approximate surface area is 88.2 Å². The summed E-state index contributed by atoms with van der Waals surface area (Å²) in [6.45, 7) is 0. The number of hydrogen-bond donors (Lipinski definition) is 1. The van der Waals surface area contributed by atoms with E-state index in [0.29, 0.717) is 5.02 Å². The third-order valence-corrected chi connectivity index (χ3v) is 2.61. The van der Waals surface area contributed by atoms with Crippen molar-refractivity contribution in [2.75, 3.05) is 0 Å². The highest BCUT2D eigenvalue weighted by atomic mass is 35.5. The molecule has 2 atom stereocenters. The van der Waals surface area contributed by atoms with Crippen LogP contribution in [0, 0.1) is 0 Å². The van der Waals surface area contributed by atoms with Crippen LogP contribution in [0.4, 0.5) is 0 Å². The van der Waals surface area contributed by atoms with Crippen LogP contribution < -0.4 is 10.5 Å². The van der Waals surface area contributed by atoms with E-state index < -0.39 is 0 Å². The van der Waals surface area contributed by atoms with Gasteiger partial charge in [-0.3, -0.25) is 4.98 Å². The molecule has 1 aromatic rings. The molecule has 0 aliphatic heterocycles. The summed E-state index contributed by atoms with van der Waals surface area (Å²) >= 11 is 5.79. The minimum atomic E-state index is 0.227. The summed E-state index contributed by atoms with van der Waals surface area (Å²) in [5.41, 5.74) is 5.79. The van der Waals surface area contributed by atoms with Gasteiger partial charge in [0.15, 0.2) is 0 Å². The van der Waals surface area contributed by atoms with Crippen LogP contribution in [0.25, 0.3) is 0 Å². The van der Waals surface area contributed by atoms with E-state index in [9.17, 15) is 0 Å². The molecule has 14 heavy (non-hydrogen) atoms. The molecule has 1 saturated carbocycles. The van der Waals surface area contributed by atoms with Crippen LogP contribution >= 0.6 is 11.6 Å². The van der Waals surface area contributed by atoms with E-state index in [-0.39, 0.29) is 12.1 Å². The Morgan fingerprint density at radius 3 is 2.93 bits per heavy atom. The summed E-state index contributed by atoms with van der Waals surface area (Å²) in [5.74, 6) is 0.733. The van der Waals surface area contributed by atoms with Gasteiger partial charge in [-0.2, -0.15) is 0 Å². The molecule has 1 fully saturated rings. The van der Waals surface area contributed by atoms with Crippen molar-refractivity contribution in [3.05, 3.63) is 23.5 Å². The van der Waals surface area contributed by atoms with Gasteiger partial charge in [0.1, 0.15) is 11.9 Å². The molecule has 2 N–H and O–H groups in total. The average Bonchev–Trinajstić information content (AvgIpc) is 2.51. The monoisotopic (exact) mass is 212 g/mol. The molecular weight excluding hydrogens is 200 g/mol. The molecule has 76 valence electrons. The van der Waals surface area contributed by atoms with Crippen LogP contribution in [0.15, 0.2) is 18.5 Å². The van der Waals surface area contributed by atoms with E-state index in [4.69, 9.17) is 22.1 Å². The largest absolute Gasteiger partial charge is 0.489 e. The van der Waals surface area contributed by atoms with E-state index in [1.807, 2.05) is 0 Å². The normalized spacial score (nSPS) is 26.4. The number of nitrogens with zero attached hydrogens (tertiary/aromatic N) is 1. The van der Waals surface area contributed by atoms with Crippen LogP contribution in [-0.2, 0) is 0 Å². The Bertz CT molecular complexity index is 319. The lowest BCUT2D eigenvalue weighted by Crippen LogP contribution is -2.19. The lowest BCUT2D eigenvalue weighted by Gasteiger charge is -2.12. The maximum absolute atomic E-state index is 5.79. The summed E-state index contributed by atoms with van der Waals surface area (Å²) in [6, 6.07) is 2.06. The Balaban J connectivity index is 1.97. The fourth-order valence-corrected chi connectivity index (χ4v) is 1.89. The lowest BCUT2D eigenvalue weighted by molar-refractivity contribution is 0.207. The van der Waals surface area contributed by atoms with E-state index in [1.165, 1.54) is 0 Å². The van der Waals surface area contributed by atoms with Crippen molar-refractivity contribution < 1.29 is 4.74 Å². The first kappa shape index (κ1) is 9.74. The van der Waals surface area contributed by atoms with Crippen molar-refractivity contribution in [3.8, 4) is 5.75 Å². The van der Waals surface area contributed by atoms with Gasteiger partial charge in [-0.05, 0) is 19.3 Å². The van der Waals surface area contributed by atoms with Crippen molar-refractivity contribution in [1.82, 2.24) is 4.98 Å². The molecule has 4 heteroatoms. The third-order valence-electron chi connectivity index (χ3n) is 2.41. The second-order valence-corrected chi connectivity index (χ2v) is 4.09. The molecular formula is C10H13ClN2O. The van der Waals surface area contributed by atoms with Gasteiger partial charge in [0.05, 0.1) is 11.2 Å². The molecule has 0 amide bonds. The molecule has 0 bridgehead atoms. The molecule has 0 radical (unpaired) electrons. The summed E-state index contributed by atoms with van der Waals surface area (Å²) < 4.78 is 5.70. The molecule has 2 unspecified atom stereocenters. The number of rotatable bonds is 2. The Hall–Kier alpha value is -0.800. The lowest BCUT2D eigenvalue weighted by atomic mass is 10.3. The zero-order valence-electron chi connectivity index (χ0n) is 7.82. The zero-order chi connectivity index (χ0) is 9.97. The molecule has 1 heterocycles. The Morgan fingerprint density at radius 2 is 2.29 bits per heavy atom. The van der Waals surface area contributed by atoms with Crippen molar-refractivity contribution in [3.63, 3.8) is 0 Å². The first-order valence-corrected chi connectivity index (χ1v) is 5.14. The van der Waals surface area contributed by atoms with E-state index in [1.54, 1.807) is 18.5 Å². The van der Waals surface area contributed by atoms with Crippen molar-refractivity contribution in [1.29, 1.82) is 0 Å². The predicted octanol–water partition coefficient (Wildman–Crippen LogP) is 1.99. The second kappa shape index (κ2) is 4.15. The number of hydrogen-bond acceptors (Lipinski definition) is 3. The standard InChI is InChI=1S/C10H13ClN2O/c11-7-3-10(6-13-5-7)14-9-2-1-8(12)4-9/h3,5-6,8-9H,1-2,4,12H2. The highest BCUT2D eigenvalue weighted by Crippen LogP contribution is 2.24. The summed E-state index contributed by atoms with van der Waals surface area (Å²) in [6.07, 6.45) is 6.48. The van der Waals surface area contributed by atoms with Gasteiger partial charge in [0, 0.05) is 18.3 Å². The highest BCUT2D eigenvalue weighted by Gasteiger charge is 2.23. The quantitative estimate of drug-likeness (QED) is 0.816. The zero-order valence-corrected chi connectivity index (χ0v) is 8.57. The second-order valence-electron chi connectivity index (χ2n) is 3.65. The Kier molecular flexibility index (Phi) is 2.89. The molecule has 1 aromatic heterocycles. The molecule has 1 aliphatic rings. The average molecular weight is 213 g/mol. The molecule has 3 nitrogen and oxygen atoms in total. The maximum Gasteiger partial charge on any atom is 0.139 e. The van der Waals surface area contributed by atoms with Gasteiger partial charge in [-0.1, -0.05) is 11.6 Å². The van der Waals surface area contributed by atoms with Gasteiger partial charge < -0.3 is 10.5 Å². The summed E-state index contributed by atoms with van der Waals surface area (Å²) in [4.78, 5) is 3.96. The van der Waals surface area contributed by atoms with Gasteiger partial charge in [-0.25, -0.2) is 0 Å². The molecule has 0 aromatic carbocycles. The van der Waals surface area contributed by atoms with Crippen LogP contribution in [0.2, 0.25) is 5.02 Å². The predicted molar refractivity (Wildman–Crippen MR) is 55.5 cm³/mol. The smallest absolute Gasteiger partial charge is 0.139 e. The molecule has 0 spiro atoms. The number of pyridine rings is 1. The minimum absolute atomic E-state index is 0.227. The number of aromatic nitrogens is 1. The Morgan fingerprint density at radius 1 is 1.43 bits per heavy atom. The maximum atomic E-state index is 5.79. The van der Waals surface area contributed by atoms with Crippen molar-refractivity contribution in [2.24, 2.45) is 5.73 Å². The van der Waals surface area contributed by atoms with E-state index in [0.717, 1.165) is 25.0 Å². The highest BCUT2D eigenvalue weighted by molar-refractivity contribution is 6.30. The third kappa shape index (κ3) is 2.36. The SMILES string of the molecule is NC1CCC(Oc2cncc(Cl)c2)C1. The molecule has 2 rings (SSSR count). The van der Waals surface area contributed by atoms with Crippen LogP contribution in [0.1, 0.15) is 19.3 Å². The van der Waals surface area contributed by atoms with Crippen molar-refractivity contribution >= 4 is 11.6 Å². The van der Waals surface area contributed by atoms with Gasteiger partial charge >= 0.3 is 0 Å². The van der Waals surface area contributed by atoms with Gasteiger partial charge in [0.2, 0.25) is 0 Å². The van der Waals surface area contributed by atoms with Gasteiger partial charge in [-0.15, -0.1) is 0 Å². The van der Waals surface area contributed by atoms with Gasteiger partial charge in [0.25, 0.3) is 0 Å². The van der Waals surface area contributed by atoms with Crippen LogP contribution in [0.5, 0.6) is 5.75 Å². The first-order valence-electron chi connectivity index (χ1n) is 4.77. The number of halogens is 1. The fourth-order valence-electron chi connectivity index (χ4n) is 1.73. The van der Waals surface area contributed by atoms with E-state index in [2.05, 4.69) is 4.98 Å². The molecule has 0 saturated heterocycles. The number of nitrogens with two attached hydrogens (primary N) is 1. The van der Waals surface area contributed by atoms with Crippen LogP contribution in [-0.4, -0.2) is 17.1 Å². The van der Waals surface area contributed by atoms with Crippen molar-refractivity contribution in [2.45, 2.75) is 31.4 Å². The topological polar surface area (TPSA) is 48.1 Å². The number of ether oxygens (including phenoxy) is 1. The fraction of sp³-hybridized carbons (Fsp3) is 0.500.